The molecule has 1 fully saturated rings. The van der Waals surface area contributed by atoms with Crippen LogP contribution in [0.5, 0.6) is 0 Å². The summed E-state index contributed by atoms with van der Waals surface area (Å²) in [6, 6.07) is 1.95. The zero-order chi connectivity index (χ0) is 11.7. The van der Waals surface area contributed by atoms with E-state index in [1.807, 2.05) is 10.7 Å². The van der Waals surface area contributed by atoms with Gasteiger partial charge in [-0.15, -0.1) is 0 Å². The van der Waals surface area contributed by atoms with Crippen LogP contribution >= 0.6 is 0 Å². The number of hydrogen-bond acceptors (Lipinski definition) is 2. The van der Waals surface area contributed by atoms with E-state index < -0.39 is 0 Å². The quantitative estimate of drug-likeness (QED) is 0.731. The summed E-state index contributed by atoms with van der Waals surface area (Å²) in [6.07, 6.45) is 3.90. The van der Waals surface area contributed by atoms with E-state index in [2.05, 4.69) is 18.9 Å². The Labute approximate surface area is 96.8 Å². The second-order valence-corrected chi connectivity index (χ2v) is 5.14. The molecule has 1 saturated carbocycles. The van der Waals surface area contributed by atoms with Crippen molar-refractivity contribution in [2.45, 2.75) is 52.5 Å². The third-order valence-electron chi connectivity index (χ3n) is 3.41. The van der Waals surface area contributed by atoms with E-state index in [9.17, 15) is 4.79 Å². The maximum absolute atomic E-state index is 11.5. The van der Waals surface area contributed by atoms with Crippen LogP contribution in [0.2, 0.25) is 0 Å². The number of carbonyl (C=O) groups excluding carboxylic acids is 1. The highest BCUT2D eigenvalue weighted by Gasteiger charge is 2.21. The first-order valence-corrected chi connectivity index (χ1v) is 6.16. The Morgan fingerprint density at radius 3 is 2.69 bits per heavy atom. The van der Waals surface area contributed by atoms with Gasteiger partial charge in [0.1, 0.15) is 5.69 Å². The summed E-state index contributed by atoms with van der Waals surface area (Å²) in [5.74, 6) is 1.25. The minimum absolute atomic E-state index is 0.124. The summed E-state index contributed by atoms with van der Waals surface area (Å²) in [5.41, 5.74) is 1.81. The van der Waals surface area contributed by atoms with Gasteiger partial charge in [0.15, 0.2) is 5.78 Å². The van der Waals surface area contributed by atoms with Gasteiger partial charge in [0.2, 0.25) is 0 Å². The summed E-state index contributed by atoms with van der Waals surface area (Å²) in [7, 11) is 0. The van der Waals surface area contributed by atoms with E-state index in [1.165, 1.54) is 19.3 Å². The predicted octanol–water partition coefficient (Wildman–Crippen LogP) is 3.01. The SMILES string of the molecule is CC(=O)c1cc(C(C)C)nn1CC1CCC1. The first-order valence-electron chi connectivity index (χ1n) is 6.16. The molecule has 1 aromatic heterocycles. The van der Waals surface area contributed by atoms with Crippen molar-refractivity contribution in [2.75, 3.05) is 0 Å². The zero-order valence-corrected chi connectivity index (χ0v) is 10.4. The Balaban J connectivity index is 2.22. The first kappa shape index (κ1) is 11.4. The van der Waals surface area contributed by atoms with Gasteiger partial charge in [0.05, 0.1) is 5.69 Å². The molecule has 2 rings (SSSR count). The lowest BCUT2D eigenvalue weighted by Crippen LogP contribution is -2.21. The fraction of sp³-hybridized carbons (Fsp3) is 0.692. The number of ketones is 1. The van der Waals surface area contributed by atoms with Crippen LogP contribution in [-0.4, -0.2) is 15.6 Å². The molecule has 1 aliphatic carbocycles. The van der Waals surface area contributed by atoms with Gasteiger partial charge in [-0.2, -0.15) is 5.10 Å². The lowest BCUT2D eigenvalue weighted by Gasteiger charge is -2.25. The fourth-order valence-corrected chi connectivity index (χ4v) is 2.06. The lowest BCUT2D eigenvalue weighted by molar-refractivity contribution is 0.1000. The van der Waals surface area contributed by atoms with Gasteiger partial charge in [-0.1, -0.05) is 20.3 Å². The van der Waals surface area contributed by atoms with Crippen LogP contribution in [0.1, 0.15) is 62.1 Å². The van der Waals surface area contributed by atoms with Crippen LogP contribution in [0, 0.1) is 5.92 Å². The maximum atomic E-state index is 11.5. The van der Waals surface area contributed by atoms with Crippen molar-refractivity contribution in [1.29, 1.82) is 0 Å². The molecule has 3 nitrogen and oxygen atoms in total. The predicted molar refractivity (Wildman–Crippen MR) is 63.7 cm³/mol. The molecule has 0 amide bonds. The smallest absolute Gasteiger partial charge is 0.177 e. The zero-order valence-electron chi connectivity index (χ0n) is 10.4. The molecule has 0 bridgehead atoms. The largest absolute Gasteiger partial charge is 0.293 e. The number of aromatic nitrogens is 2. The average molecular weight is 220 g/mol. The van der Waals surface area contributed by atoms with Crippen molar-refractivity contribution in [3.8, 4) is 0 Å². The van der Waals surface area contributed by atoms with Crippen molar-refractivity contribution in [3.05, 3.63) is 17.5 Å². The molecule has 0 saturated heterocycles. The summed E-state index contributed by atoms with van der Waals surface area (Å²) < 4.78 is 1.92. The molecule has 88 valence electrons. The number of Topliss-reactive ketones (excluding diaryl/α,β-unsaturated/α-hetero) is 1. The fourth-order valence-electron chi connectivity index (χ4n) is 2.06. The Bertz CT molecular complexity index is 389. The Morgan fingerprint density at radius 2 is 2.25 bits per heavy atom. The maximum Gasteiger partial charge on any atom is 0.177 e. The van der Waals surface area contributed by atoms with E-state index in [4.69, 9.17) is 0 Å². The summed E-state index contributed by atoms with van der Waals surface area (Å²) in [5, 5.41) is 4.55. The normalized spacial score (nSPS) is 16.5. The molecule has 0 atom stereocenters. The molecule has 1 aliphatic rings. The Morgan fingerprint density at radius 1 is 1.56 bits per heavy atom. The van der Waals surface area contributed by atoms with Gasteiger partial charge < -0.3 is 0 Å². The van der Waals surface area contributed by atoms with Gasteiger partial charge in [0, 0.05) is 13.5 Å². The van der Waals surface area contributed by atoms with Crippen molar-refractivity contribution in [2.24, 2.45) is 5.92 Å². The van der Waals surface area contributed by atoms with Gasteiger partial charge in [0.25, 0.3) is 0 Å². The molecule has 1 heterocycles. The molecule has 0 unspecified atom stereocenters. The molecule has 0 radical (unpaired) electrons. The highest BCUT2D eigenvalue weighted by atomic mass is 16.1. The number of rotatable bonds is 4. The highest BCUT2D eigenvalue weighted by molar-refractivity contribution is 5.92. The van der Waals surface area contributed by atoms with Gasteiger partial charge >= 0.3 is 0 Å². The lowest BCUT2D eigenvalue weighted by atomic mass is 9.85. The van der Waals surface area contributed by atoms with Crippen molar-refractivity contribution in [1.82, 2.24) is 9.78 Å². The molecule has 0 N–H and O–H groups in total. The number of carbonyl (C=O) groups is 1. The molecule has 0 spiro atoms. The third-order valence-corrected chi connectivity index (χ3v) is 3.41. The number of nitrogens with zero attached hydrogens (tertiary/aromatic N) is 2. The van der Waals surface area contributed by atoms with Crippen molar-refractivity contribution in [3.63, 3.8) is 0 Å². The Hall–Kier alpha value is -1.12. The van der Waals surface area contributed by atoms with Crippen LogP contribution in [0.4, 0.5) is 0 Å². The van der Waals surface area contributed by atoms with E-state index in [0.717, 1.165) is 23.9 Å². The van der Waals surface area contributed by atoms with Gasteiger partial charge in [-0.25, -0.2) is 0 Å². The minimum atomic E-state index is 0.124. The topological polar surface area (TPSA) is 34.9 Å². The summed E-state index contributed by atoms with van der Waals surface area (Å²) >= 11 is 0. The van der Waals surface area contributed by atoms with Crippen molar-refractivity contribution < 1.29 is 4.79 Å². The van der Waals surface area contributed by atoms with Crippen LogP contribution in [0.3, 0.4) is 0 Å². The average Bonchev–Trinajstić information content (AvgIpc) is 2.55. The van der Waals surface area contributed by atoms with E-state index in [1.54, 1.807) is 6.92 Å². The monoisotopic (exact) mass is 220 g/mol. The van der Waals surface area contributed by atoms with Gasteiger partial charge in [-0.05, 0) is 30.7 Å². The van der Waals surface area contributed by atoms with Crippen LogP contribution in [-0.2, 0) is 6.54 Å². The second-order valence-electron chi connectivity index (χ2n) is 5.14. The van der Waals surface area contributed by atoms with E-state index in [0.29, 0.717) is 5.92 Å². The molecule has 3 heteroatoms. The second kappa shape index (κ2) is 4.40. The summed E-state index contributed by atoms with van der Waals surface area (Å²) in [4.78, 5) is 11.5. The van der Waals surface area contributed by atoms with Crippen LogP contribution < -0.4 is 0 Å². The molecule has 0 aromatic carbocycles. The third kappa shape index (κ3) is 2.18. The Kier molecular flexibility index (Phi) is 3.13. The molecular weight excluding hydrogens is 200 g/mol. The minimum Gasteiger partial charge on any atom is -0.293 e. The number of hydrogen-bond donors (Lipinski definition) is 0. The summed E-state index contributed by atoms with van der Waals surface area (Å²) in [6.45, 7) is 6.76. The molecular formula is C13H20N2O. The van der Waals surface area contributed by atoms with E-state index in [-0.39, 0.29) is 5.78 Å². The van der Waals surface area contributed by atoms with Crippen LogP contribution in [0.15, 0.2) is 6.07 Å². The van der Waals surface area contributed by atoms with Crippen LogP contribution in [0.25, 0.3) is 0 Å². The van der Waals surface area contributed by atoms with Gasteiger partial charge in [-0.3, -0.25) is 9.48 Å². The molecule has 1 aromatic rings. The molecule has 16 heavy (non-hydrogen) atoms. The highest BCUT2D eigenvalue weighted by Crippen LogP contribution is 2.28. The van der Waals surface area contributed by atoms with E-state index >= 15 is 0 Å². The standard InChI is InChI=1S/C13H20N2O/c1-9(2)12-7-13(10(3)16)15(14-12)8-11-5-4-6-11/h7,9,11H,4-6,8H2,1-3H3. The van der Waals surface area contributed by atoms with Crippen molar-refractivity contribution >= 4 is 5.78 Å². The molecule has 0 aliphatic heterocycles. The first-order chi connectivity index (χ1) is 7.58.